The number of amides is 1. The number of hydrogen-bond acceptors (Lipinski definition) is 2. The number of hydrogen-bond donors (Lipinski definition) is 1. The van der Waals surface area contributed by atoms with Crippen LogP contribution in [0.15, 0.2) is 0 Å². The molecule has 0 radical (unpaired) electrons. The summed E-state index contributed by atoms with van der Waals surface area (Å²) in [6.45, 7) is 0.502. The van der Waals surface area contributed by atoms with Crippen molar-refractivity contribution in [3.63, 3.8) is 0 Å². The summed E-state index contributed by atoms with van der Waals surface area (Å²) in [4.78, 5) is 11.1. The van der Waals surface area contributed by atoms with E-state index in [2.05, 4.69) is 5.32 Å². The number of nitrogens with one attached hydrogen (secondary N) is 1. The molecule has 1 saturated carbocycles. The summed E-state index contributed by atoms with van der Waals surface area (Å²) < 4.78 is 0. The maximum Gasteiger partial charge on any atom is 0.220 e. The molecule has 1 aliphatic carbocycles. The van der Waals surface area contributed by atoms with E-state index in [1.165, 1.54) is 19.3 Å². The lowest BCUT2D eigenvalue weighted by Crippen LogP contribution is -2.28. The van der Waals surface area contributed by atoms with Gasteiger partial charge in [-0.1, -0.05) is 6.42 Å². The first kappa shape index (κ1) is 9.05. The average Bonchev–Trinajstić information content (AvgIpc) is 1.98. The normalized spacial score (nSPS) is 16.2. The van der Waals surface area contributed by atoms with Crippen LogP contribution >= 0.6 is 0 Å². The molecule has 0 heterocycles. The third kappa shape index (κ3) is 2.91. The van der Waals surface area contributed by atoms with Crippen LogP contribution in [0.4, 0.5) is 0 Å². The molecule has 0 aliphatic heterocycles. The van der Waals surface area contributed by atoms with Gasteiger partial charge in [0, 0.05) is 13.0 Å². The number of rotatable bonds is 4. The summed E-state index contributed by atoms with van der Waals surface area (Å²) in [5.41, 5.74) is 0. The number of carbonyl (C=O) groups excluding carboxylic acids is 1. The van der Waals surface area contributed by atoms with Gasteiger partial charge in [-0.05, 0) is 18.8 Å². The van der Waals surface area contributed by atoms with E-state index in [1.807, 2.05) is 6.07 Å². The van der Waals surface area contributed by atoms with Gasteiger partial charge in [-0.25, -0.2) is 0 Å². The number of nitriles is 1. The second kappa shape index (κ2) is 4.76. The van der Waals surface area contributed by atoms with Crippen LogP contribution in [-0.4, -0.2) is 12.5 Å². The molecule has 3 nitrogen and oxygen atoms in total. The summed E-state index contributed by atoms with van der Waals surface area (Å²) >= 11 is 0. The van der Waals surface area contributed by atoms with Crippen molar-refractivity contribution in [3.05, 3.63) is 0 Å². The van der Waals surface area contributed by atoms with Crippen LogP contribution in [0.5, 0.6) is 0 Å². The Hall–Kier alpha value is -1.04. The van der Waals surface area contributed by atoms with Crippen molar-refractivity contribution in [2.24, 2.45) is 5.92 Å². The third-order valence-electron chi connectivity index (χ3n) is 2.26. The second-order valence-corrected chi connectivity index (χ2v) is 3.26. The highest BCUT2D eigenvalue weighted by Gasteiger charge is 2.19. The quantitative estimate of drug-likeness (QED) is 0.638. The molecule has 3 heteroatoms. The number of carbonyl (C=O) groups is 1. The molecular weight excluding hydrogens is 152 g/mol. The minimum Gasteiger partial charge on any atom is -0.355 e. The first-order valence-electron chi connectivity index (χ1n) is 4.46. The average molecular weight is 166 g/mol. The summed E-state index contributed by atoms with van der Waals surface area (Å²) in [7, 11) is 0. The Morgan fingerprint density at radius 2 is 2.33 bits per heavy atom. The molecule has 1 N–H and O–H groups in total. The van der Waals surface area contributed by atoms with E-state index in [4.69, 9.17) is 5.26 Å². The van der Waals surface area contributed by atoms with E-state index in [-0.39, 0.29) is 5.91 Å². The highest BCUT2D eigenvalue weighted by molar-refractivity contribution is 5.76. The molecule has 0 aromatic heterocycles. The SMILES string of the molecule is N#CCCNC(=O)CC1CCC1. The Labute approximate surface area is 72.8 Å². The largest absolute Gasteiger partial charge is 0.355 e. The fourth-order valence-corrected chi connectivity index (χ4v) is 1.29. The maximum absolute atomic E-state index is 11.1. The fraction of sp³-hybridized carbons (Fsp3) is 0.778. The Balaban J connectivity index is 2.00. The lowest BCUT2D eigenvalue weighted by molar-refractivity contribution is -0.122. The van der Waals surface area contributed by atoms with Crippen LogP contribution in [0.2, 0.25) is 0 Å². The fourth-order valence-electron chi connectivity index (χ4n) is 1.29. The lowest BCUT2D eigenvalue weighted by atomic mass is 9.83. The predicted octanol–water partition coefficient (Wildman–Crippen LogP) is 1.21. The van der Waals surface area contributed by atoms with Gasteiger partial charge in [-0.15, -0.1) is 0 Å². The molecule has 0 atom stereocenters. The van der Waals surface area contributed by atoms with E-state index in [0.29, 0.717) is 25.3 Å². The highest BCUT2D eigenvalue weighted by atomic mass is 16.1. The van der Waals surface area contributed by atoms with E-state index >= 15 is 0 Å². The lowest BCUT2D eigenvalue weighted by Gasteiger charge is -2.24. The van der Waals surface area contributed by atoms with E-state index < -0.39 is 0 Å². The van der Waals surface area contributed by atoms with E-state index in [0.717, 1.165) is 0 Å². The zero-order chi connectivity index (χ0) is 8.81. The van der Waals surface area contributed by atoms with Gasteiger partial charge < -0.3 is 5.32 Å². The maximum atomic E-state index is 11.1. The zero-order valence-corrected chi connectivity index (χ0v) is 7.18. The van der Waals surface area contributed by atoms with Crippen molar-refractivity contribution < 1.29 is 4.79 Å². The van der Waals surface area contributed by atoms with Crippen LogP contribution in [-0.2, 0) is 4.79 Å². The van der Waals surface area contributed by atoms with Crippen LogP contribution in [0, 0.1) is 17.2 Å². The van der Waals surface area contributed by atoms with Crippen LogP contribution in [0.3, 0.4) is 0 Å². The van der Waals surface area contributed by atoms with Gasteiger partial charge in [0.15, 0.2) is 0 Å². The molecule has 0 aromatic carbocycles. The minimum absolute atomic E-state index is 0.106. The van der Waals surface area contributed by atoms with Gasteiger partial charge in [0.2, 0.25) is 5.91 Å². The molecule has 1 aliphatic rings. The van der Waals surface area contributed by atoms with Crippen LogP contribution in [0.1, 0.15) is 32.1 Å². The Morgan fingerprint density at radius 3 is 2.83 bits per heavy atom. The van der Waals surface area contributed by atoms with Crippen molar-refractivity contribution in [1.82, 2.24) is 5.32 Å². The first-order chi connectivity index (χ1) is 5.83. The van der Waals surface area contributed by atoms with Gasteiger partial charge in [-0.3, -0.25) is 4.79 Å². The van der Waals surface area contributed by atoms with Crippen LogP contribution in [0.25, 0.3) is 0 Å². The first-order valence-corrected chi connectivity index (χ1v) is 4.46. The Morgan fingerprint density at radius 1 is 1.58 bits per heavy atom. The van der Waals surface area contributed by atoms with Crippen molar-refractivity contribution >= 4 is 5.91 Å². The molecule has 0 aromatic rings. The summed E-state index contributed by atoms with van der Waals surface area (Å²) in [6, 6.07) is 1.99. The van der Waals surface area contributed by atoms with Gasteiger partial charge in [0.1, 0.15) is 0 Å². The van der Waals surface area contributed by atoms with Crippen molar-refractivity contribution in [2.75, 3.05) is 6.54 Å². The van der Waals surface area contributed by atoms with Crippen LogP contribution < -0.4 is 5.32 Å². The molecule has 1 fully saturated rings. The molecule has 12 heavy (non-hydrogen) atoms. The summed E-state index contributed by atoms with van der Waals surface area (Å²) in [6.07, 6.45) is 4.75. The summed E-state index contributed by atoms with van der Waals surface area (Å²) in [5, 5.41) is 10.9. The van der Waals surface area contributed by atoms with Crippen molar-refractivity contribution in [3.8, 4) is 6.07 Å². The highest BCUT2D eigenvalue weighted by Crippen LogP contribution is 2.28. The third-order valence-corrected chi connectivity index (χ3v) is 2.26. The molecule has 66 valence electrons. The van der Waals surface area contributed by atoms with Gasteiger partial charge in [0.25, 0.3) is 0 Å². The van der Waals surface area contributed by atoms with E-state index in [1.54, 1.807) is 0 Å². The van der Waals surface area contributed by atoms with Crippen molar-refractivity contribution in [1.29, 1.82) is 5.26 Å². The predicted molar refractivity (Wildman–Crippen MR) is 45.2 cm³/mol. The van der Waals surface area contributed by atoms with E-state index in [9.17, 15) is 4.79 Å². The standard InChI is InChI=1S/C9H14N2O/c10-5-2-6-11-9(12)7-8-3-1-4-8/h8H,1-4,6-7H2,(H,11,12). The molecular formula is C9H14N2O. The molecule has 1 rings (SSSR count). The van der Waals surface area contributed by atoms with Gasteiger partial charge in [0.05, 0.1) is 12.5 Å². The molecule has 1 amide bonds. The second-order valence-electron chi connectivity index (χ2n) is 3.26. The Kier molecular flexibility index (Phi) is 3.59. The molecule has 0 unspecified atom stereocenters. The van der Waals surface area contributed by atoms with Gasteiger partial charge in [-0.2, -0.15) is 5.26 Å². The Bertz CT molecular complexity index is 191. The molecule has 0 saturated heterocycles. The summed E-state index contributed by atoms with van der Waals surface area (Å²) in [5.74, 6) is 0.724. The smallest absolute Gasteiger partial charge is 0.220 e. The zero-order valence-electron chi connectivity index (χ0n) is 7.18. The molecule has 0 spiro atoms. The van der Waals surface area contributed by atoms with Crippen molar-refractivity contribution in [2.45, 2.75) is 32.1 Å². The topological polar surface area (TPSA) is 52.9 Å². The monoisotopic (exact) mass is 166 g/mol. The number of nitrogens with zero attached hydrogens (tertiary/aromatic N) is 1. The van der Waals surface area contributed by atoms with Gasteiger partial charge >= 0.3 is 0 Å². The minimum atomic E-state index is 0.106. The molecule has 0 bridgehead atoms.